The van der Waals surface area contributed by atoms with E-state index in [4.69, 9.17) is 17.3 Å². The van der Waals surface area contributed by atoms with Crippen LogP contribution in [-0.2, 0) is 11.3 Å². The molecule has 1 amide bonds. The summed E-state index contributed by atoms with van der Waals surface area (Å²) in [5, 5.41) is 3.60. The highest BCUT2D eigenvalue weighted by Crippen LogP contribution is 2.26. The molecule has 106 valence electrons. The van der Waals surface area contributed by atoms with Gasteiger partial charge in [0.15, 0.2) is 0 Å². The summed E-state index contributed by atoms with van der Waals surface area (Å²) in [6.45, 7) is 0.484. The summed E-state index contributed by atoms with van der Waals surface area (Å²) in [5.74, 6) is -0.0397. The van der Waals surface area contributed by atoms with E-state index in [2.05, 4.69) is 5.32 Å². The van der Waals surface area contributed by atoms with E-state index in [0.717, 1.165) is 31.2 Å². The van der Waals surface area contributed by atoms with Gasteiger partial charge in [0.05, 0.1) is 5.54 Å². The highest BCUT2D eigenvalue weighted by atomic mass is 35.5. The Bertz CT molecular complexity index is 431. The third-order valence-corrected chi connectivity index (χ3v) is 3.78. The molecule has 0 heterocycles. The van der Waals surface area contributed by atoms with Crippen LogP contribution in [0.1, 0.15) is 37.7 Å². The fourth-order valence-corrected chi connectivity index (χ4v) is 2.63. The van der Waals surface area contributed by atoms with Gasteiger partial charge in [-0.15, -0.1) is 12.4 Å². The minimum atomic E-state index is -0.670. The molecule has 1 aliphatic rings. The fraction of sp³-hybridized carbons (Fsp3) is 0.500. The number of amides is 1. The van der Waals surface area contributed by atoms with Gasteiger partial charge in [0.1, 0.15) is 0 Å². The van der Waals surface area contributed by atoms with Gasteiger partial charge in [0, 0.05) is 11.6 Å². The van der Waals surface area contributed by atoms with Crippen LogP contribution in [0.15, 0.2) is 24.3 Å². The number of hydrogen-bond acceptors (Lipinski definition) is 2. The molecule has 1 aliphatic carbocycles. The Hall–Kier alpha value is -0.770. The Balaban J connectivity index is 0.00000180. The van der Waals surface area contributed by atoms with E-state index < -0.39 is 5.54 Å². The SMILES string of the molecule is Cl.NC1(C(=O)NCc2cccc(Cl)c2)CCCCC1. The van der Waals surface area contributed by atoms with Crippen LogP contribution in [0.2, 0.25) is 5.02 Å². The molecule has 1 fully saturated rings. The number of hydrogen-bond donors (Lipinski definition) is 2. The highest BCUT2D eigenvalue weighted by Gasteiger charge is 2.34. The first-order chi connectivity index (χ1) is 8.60. The zero-order chi connectivity index (χ0) is 13.0. The van der Waals surface area contributed by atoms with Gasteiger partial charge in [-0.1, -0.05) is 43.0 Å². The summed E-state index contributed by atoms with van der Waals surface area (Å²) < 4.78 is 0. The van der Waals surface area contributed by atoms with Crippen LogP contribution in [-0.4, -0.2) is 11.4 Å². The fourth-order valence-electron chi connectivity index (χ4n) is 2.42. The third kappa shape index (κ3) is 4.37. The van der Waals surface area contributed by atoms with Crippen molar-refractivity contribution in [2.75, 3.05) is 0 Å². The molecule has 0 radical (unpaired) electrons. The van der Waals surface area contributed by atoms with E-state index in [0.29, 0.717) is 11.6 Å². The predicted octanol–water partition coefficient (Wildman–Crippen LogP) is 3.04. The maximum absolute atomic E-state index is 12.1. The second-order valence-corrected chi connectivity index (χ2v) is 5.47. The molecule has 3 nitrogen and oxygen atoms in total. The van der Waals surface area contributed by atoms with Gasteiger partial charge in [-0.25, -0.2) is 0 Å². The van der Waals surface area contributed by atoms with E-state index in [1.54, 1.807) is 0 Å². The maximum Gasteiger partial charge on any atom is 0.240 e. The summed E-state index contributed by atoms with van der Waals surface area (Å²) in [6.07, 6.45) is 4.84. The molecule has 0 aromatic heterocycles. The second kappa shape index (κ2) is 7.13. The van der Waals surface area contributed by atoms with Gasteiger partial charge in [0.25, 0.3) is 0 Å². The van der Waals surface area contributed by atoms with E-state index in [-0.39, 0.29) is 18.3 Å². The maximum atomic E-state index is 12.1. The first-order valence-corrected chi connectivity index (χ1v) is 6.80. The van der Waals surface area contributed by atoms with Crippen molar-refractivity contribution >= 4 is 29.9 Å². The van der Waals surface area contributed by atoms with Crippen LogP contribution < -0.4 is 11.1 Å². The van der Waals surface area contributed by atoms with Crippen molar-refractivity contribution in [2.45, 2.75) is 44.2 Å². The summed E-state index contributed by atoms with van der Waals surface area (Å²) in [4.78, 5) is 12.1. The molecule has 19 heavy (non-hydrogen) atoms. The smallest absolute Gasteiger partial charge is 0.240 e. The van der Waals surface area contributed by atoms with Crippen LogP contribution in [0, 0.1) is 0 Å². The molecule has 5 heteroatoms. The van der Waals surface area contributed by atoms with Crippen molar-refractivity contribution in [2.24, 2.45) is 5.73 Å². The number of carbonyl (C=O) groups excluding carboxylic acids is 1. The molecular weight excluding hydrogens is 283 g/mol. The van der Waals surface area contributed by atoms with Crippen molar-refractivity contribution < 1.29 is 4.79 Å². The van der Waals surface area contributed by atoms with Crippen LogP contribution in [0.4, 0.5) is 0 Å². The van der Waals surface area contributed by atoms with Crippen molar-refractivity contribution in [1.82, 2.24) is 5.32 Å². The third-order valence-electron chi connectivity index (χ3n) is 3.54. The first kappa shape index (κ1) is 16.3. The Kier molecular flexibility index (Phi) is 6.11. The molecule has 1 saturated carbocycles. The van der Waals surface area contributed by atoms with E-state index in [9.17, 15) is 4.79 Å². The Labute approximate surface area is 125 Å². The van der Waals surface area contributed by atoms with Crippen LogP contribution >= 0.6 is 24.0 Å². The normalized spacial score (nSPS) is 17.4. The Morgan fingerprint density at radius 3 is 2.63 bits per heavy atom. The number of nitrogens with two attached hydrogens (primary N) is 1. The van der Waals surface area contributed by atoms with Gasteiger partial charge in [-0.05, 0) is 30.5 Å². The topological polar surface area (TPSA) is 55.1 Å². The number of carbonyl (C=O) groups is 1. The second-order valence-electron chi connectivity index (χ2n) is 5.03. The minimum Gasteiger partial charge on any atom is -0.350 e. The molecule has 0 aliphatic heterocycles. The average molecular weight is 303 g/mol. The summed E-state index contributed by atoms with van der Waals surface area (Å²) in [5.41, 5.74) is 6.48. The molecular formula is C14H20Cl2N2O. The molecule has 0 saturated heterocycles. The number of nitrogens with one attached hydrogen (secondary N) is 1. The molecule has 2 rings (SSSR count). The molecule has 1 aromatic rings. The van der Waals surface area contributed by atoms with Crippen molar-refractivity contribution in [3.05, 3.63) is 34.9 Å². The van der Waals surface area contributed by atoms with Crippen molar-refractivity contribution in [3.8, 4) is 0 Å². The van der Waals surface area contributed by atoms with Crippen molar-refractivity contribution in [3.63, 3.8) is 0 Å². The lowest BCUT2D eigenvalue weighted by Crippen LogP contribution is -2.54. The van der Waals surface area contributed by atoms with Crippen LogP contribution in [0.25, 0.3) is 0 Å². The van der Waals surface area contributed by atoms with Crippen LogP contribution in [0.3, 0.4) is 0 Å². The van der Waals surface area contributed by atoms with Crippen LogP contribution in [0.5, 0.6) is 0 Å². The molecule has 1 aromatic carbocycles. The van der Waals surface area contributed by atoms with Gasteiger partial charge in [-0.3, -0.25) is 4.79 Å². The Morgan fingerprint density at radius 2 is 2.00 bits per heavy atom. The predicted molar refractivity (Wildman–Crippen MR) is 80.6 cm³/mol. The average Bonchev–Trinajstić information content (AvgIpc) is 2.37. The molecule has 0 atom stereocenters. The zero-order valence-electron chi connectivity index (χ0n) is 10.8. The van der Waals surface area contributed by atoms with Gasteiger partial charge < -0.3 is 11.1 Å². The minimum absolute atomic E-state index is 0. The lowest BCUT2D eigenvalue weighted by Gasteiger charge is -2.31. The standard InChI is InChI=1S/C14H19ClN2O.ClH/c15-12-6-4-5-11(9-12)10-17-13(18)14(16)7-2-1-3-8-14;/h4-6,9H,1-3,7-8,10,16H2,(H,17,18);1H. The molecule has 0 spiro atoms. The first-order valence-electron chi connectivity index (χ1n) is 6.42. The van der Waals surface area contributed by atoms with Gasteiger partial charge in [-0.2, -0.15) is 0 Å². The summed E-state index contributed by atoms with van der Waals surface area (Å²) in [7, 11) is 0. The van der Waals surface area contributed by atoms with E-state index in [1.165, 1.54) is 6.42 Å². The molecule has 0 unspecified atom stereocenters. The molecule has 3 N–H and O–H groups in total. The quantitative estimate of drug-likeness (QED) is 0.901. The van der Waals surface area contributed by atoms with Crippen molar-refractivity contribution in [1.29, 1.82) is 0 Å². The molecule has 0 bridgehead atoms. The largest absolute Gasteiger partial charge is 0.350 e. The van der Waals surface area contributed by atoms with Gasteiger partial charge in [0.2, 0.25) is 5.91 Å². The summed E-state index contributed by atoms with van der Waals surface area (Å²) >= 11 is 5.90. The summed E-state index contributed by atoms with van der Waals surface area (Å²) in [6, 6.07) is 7.49. The lowest BCUT2D eigenvalue weighted by atomic mass is 9.82. The van der Waals surface area contributed by atoms with E-state index >= 15 is 0 Å². The zero-order valence-corrected chi connectivity index (χ0v) is 12.4. The number of rotatable bonds is 3. The van der Waals surface area contributed by atoms with Gasteiger partial charge >= 0.3 is 0 Å². The van der Waals surface area contributed by atoms with E-state index in [1.807, 2.05) is 24.3 Å². The lowest BCUT2D eigenvalue weighted by molar-refractivity contribution is -0.127. The highest BCUT2D eigenvalue weighted by molar-refractivity contribution is 6.30. The monoisotopic (exact) mass is 302 g/mol. The number of benzene rings is 1. The Morgan fingerprint density at radius 1 is 1.32 bits per heavy atom. The number of halogens is 2.